The molecule has 0 aliphatic carbocycles. The quantitative estimate of drug-likeness (QED) is 0.652. The molecule has 0 bridgehead atoms. The van der Waals surface area contributed by atoms with Crippen LogP contribution in [-0.4, -0.2) is 63.8 Å². The Bertz CT molecular complexity index is 1120. The van der Waals surface area contributed by atoms with Gasteiger partial charge in [-0.25, -0.2) is 9.97 Å². The lowest BCUT2D eigenvalue weighted by Gasteiger charge is -2.32. The van der Waals surface area contributed by atoms with E-state index in [9.17, 15) is 9.59 Å². The molecule has 160 valence electrons. The van der Waals surface area contributed by atoms with E-state index in [2.05, 4.69) is 15.0 Å². The largest absolute Gasteiger partial charge is 0.343 e. The molecule has 0 saturated carbocycles. The number of piperidine rings is 1. The van der Waals surface area contributed by atoms with Gasteiger partial charge in [0.05, 0.1) is 0 Å². The maximum absolute atomic E-state index is 13.3. The molecule has 1 saturated heterocycles. The second-order valence-electron chi connectivity index (χ2n) is 8.34. The monoisotopic (exact) mass is 417 g/mol. The summed E-state index contributed by atoms with van der Waals surface area (Å²) in [4.78, 5) is 42.2. The molecule has 1 fully saturated rings. The highest BCUT2D eigenvalue weighted by Crippen LogP contribution is 2.24. The molecule has 1 atom stereocenters. The molecule has 1 aliphatic heterocycles. The van der Waals surface area contributed by atoms with Crippen molar-refractivity contribution in [2.45, 2.75) is 26.2 Å². The molecule has 7 nitrogen and oxygen atoms in total. The summed E-state index contributed by atoms with van der Waals surface area (Å²) in [6.07, 6.45) is 4.37. The van der Waals surface area contributed by atoms with Gasteiger partial charge in [0.15, 0.2) is 0 Å². The molecule has 0 N–H and O–H groups in total. The zero-order valence-corrected chi connectivity index (χ0v) is 18.2. The minimum absolute atomic E-state index is 0.0242. The minimum atomic E-state index is -0.130. The van der Waals surface area contributed by atoms with Crippen molar-refractivity contribution < 1.29 is 9.59 Å². The summed E-state index contributed by atoms with van der Waals surface area (Å²) < 4.78 is 0. The number of aromatic nitrogens is 3. The van der Waals surface area contributed by atoms with Crippen LogP contribution in [0.4, 0.5) is 0 Å². The van der Waals surface area contributed by atoms with Crippen LogP contribution in [0.2, 0.25) is 0 Å². The number of nitrogens with zero attached hydrogens (tertiary/aromatic N) is 5. The summed E-state index contributed by atoms with van der Waals surface area (Å²) in [5.41, 5.74) is 1.77. The van der Waals surface area contributed by atoms with E-state index in [0.29, 0.717) is 30.2 Å². The number of rotatable bonds is 4. The summed E-state index contributed by atoms with van der Waals surface area (Å²) in [7, 11) is 3.43. The van der Waals surface area contributed by atoms with Crippen molar-refractivity contribution >= 4 is 22.6 Å². The molecule has 3 aromatic rings. The van der Waals surface area contributed by atoms with Crippen LogP contribution < -0.4 is 0 Å². The molecule has 1 aliphatic rings. The van der Waals surface area contributed by atoms with E-state index in [1.54, 1.807) is 33.3 Å². The van der Waals surface area contributed by atoms with Gasteiger partial charge in [0, 0.05) is 44.5 Å². The Hall–Kier alpha value is -3.35. The molecule has 7 heteroatoms. The summed E-state index contributed by atoms with van der Waals surface area (Å²) >= 11 is 0. The van der Waals surface area contributed by atoms with E-state index in [-0.39, 0.29) is 17.7 Å². The number of aryl methyl sites for hydroxylation is 1. The topological polar surface area (TPSA) is 79.3 Å². The maximum atomic E-state index is 13.3. The normalized spacial score (nSPS) is 16.4. The third-order valence-corrected chi connectivity index (χ3v) is 5.70. The molecule has 2 aromatic heterocycles. The Morgan fingerprint density at radius 3 is 2.77 bits per heavy atom. The highest BCUT2D eigenvalue weighted by molar-refractivity contribution is 6.05. The van der Waals surface area contributed by atoms with E-state index in [4.69, 9.17) is 0 Å². The van der Waals surface area contributed by atoms with Gasteiger partial charge < -0.3 is 9.80 Å². The van der Waals surface area contributed by atoms with Gasteiger partial charge >= 0.3 is 0 Å². The Balaban J connectivity index is 1.51. The third-order valence-electron chi connectivity index (χ3n) is 5.70. The molecular formula is C24H27N5O2. The lowest BCUT2D eigenvalue weighted by molar-refractivity contribution is 0.0669. The standard InChI is InChI=1S/C24H27N5O2/c1-16-26-19(14-21(27-16)23(30)28(2)3)13-17-7-6-12-29(15-17)24(31)22-20-9-5-4-8-18(20)10-11-25-22/h4-5,8-11,14,17H,6-7,12-13,15H2,1-3H3/t17-/m1/s1. The SMILES string of the molecule is Cc1nc(C[C@H]2CCCN(C(=O)c3nccc4ccccc34)C2)cc(C(=O)N(C)C)n1. The van der Waals surface area contributed by atoms with E-state index in [1.807, 2.05) is 35.2 Å². The number of hydrogen-bond acceptors (Lipinski definition) is 5. The molecule has 3 heterocycles. The first kappa shape index (κ1) is 20.9. The third kappa shape index (κ3) is 4.55. The Labute approximate surface area is 182 Å². The Morgan fingerprint density at radius 2 is 1.97 bits per heavy atom. The van der Waals surface area contributed by atoms with Crippen LogP contribution in [0.25, 0.3) is 10.8 Å². The molecule has 4 rings (SSSR count). The predicted molar refractivity (Wildman–Crippen MR) is 119 cm³/mol. The van der Waals surface area contributed by atoms with Crippen molar-refractivity contribution in [2.75, 3.05) is 27.2 Å². The van der Waals surface area contributed by atoms with Crippen LogP contribution in [0.5, 0.6) is 0 Å². The van der Waals surface area contributed by atoms with Crippen molar-refractivity contribution in [2.24, 2.45) is 5.92 Å². The lowest BCUT2D eigenvalue weighted by atomic mass is 9.92. The zero-order chi connectivity index (χ0) is 22.0. The number of pyridine rings is 1. The highest BCUT2D eigenvalue weighted by Gasteiger charge is 2.27. The van der Waals surface area contributed by atoms with Gasteiger partial charge in [0.2, 0.25) is 0 Å². The highest BCUT2D eigenvalue weighted by atomic mass is 16.2. The fraction of sp³-hybridized carbons (Fsp3) is 0.375. The van der Waals surface area contributed by atoms with E-state index < -0.39 is 0 Å². The number of carbonyl (C=O) groups is 2. The number of likely N-dealkylation sites (tertiary alicyclic amines) is 1. The van der Waals surface area contributed by atoms with Gasteiger partial charge in [-0.15, -0.1) is 0 Å². The molecule has 2 amide bonds. The van der Waals surface area contributed by atoms with Gasteiger partial charge in [-0.1, -0.05) is 24.3 Å². The molecule has 0 spiro atoms. The summed E-state index contributed by atoms with van der Waals surface area (Å²) in [6.45, 7) is 3.19. The zero-order valence-electron chi connectivity index (χ0n) is 18.2. The van der Waals surface area contributed by atoms with Crippen LogP contribution in [0, 0.1) is 12.8 Å². The fourth-order valence-electron chi connectivity index (χ4n) is 4.22. The Kier molecular flexibility index (Phi) is 5.93. The summed E-state index contributed by atoms with van der Waals surface area (Å²) in [6, 6.07) is 11.6. The summed E-state index contributed by atoms with van der Waals surface area (Å²) in [5, 5.41) is 1.90. The molecule has 31 heavy (non-hydrogen) atoms. The average molecular weight is 418 g/mol. The van der Waals surface area contributed by atoms with Crippen LogP contribution in [0.1, 0.15) is 45.3 Å². The smallest absolute Gasteiger partial charge is 0.273 e. The molecule has 0 unspecified atom stereocenters. The van der Waals surface area contributed by atoms with Crippen LogP contribution in [-0.2, 0) is 6.42 Å². The van der Waals surface area contributed by atoms with Gasteiger partial charge in [-0.05, 0) is 49.6 Å². The van der Waals surface area contributed by atoms with Crippen LogP contribution in [0.3, 0.4) is 0 Å². The Morgan fingerprint density at radius 1 is 1.16 bits per heavy atom. The van der Waals surface area contributed by atoms with Crippen molar-refractivity contribution in [3.8, 4) is 0 Å². The van der Waals surface area contributed by atoms with Gasteiger partial charge in [0.1, 0.15) is 17.2 Å². The van der Waals surface area contributed by atoms with E-state index in [0.717, 1.165) is 35.9 Å². The van der Waals surface area contributed by atoms with Crippen LogP contribution >= 0.6 is 0 Å². The van der Waals surface area contributed by atoms with Gasteiger partial charge in [-0.3, -0.25) is 14.6 Å². The van der Waals surface area contributed by atoms with E-state index in [1.165, 1.54) is 4.90 Å². The first-order valence-electron chi connectivity index (χ1n) is 10.6. The number of carbonyl (C=O) groups excluding carboxylic acids is 2. The van der Waals surface area contributed by atoms with Gasteiger partial charge in [-0.2, -0.15) is 0 Å². The molecular weight excluding hydrogens is 390 g/mol. The first-order chi connectivity index (χ1) is 14.9. The van der Waals surface area contributed by atoms with Crippen LogP contribution in [0.15, 0.2) is 42.6 Å². The number of benzene rings is 1. The summed E-state index contributed by atoms with van der Waals surface area (Å²) in [5.74, 6) is 0.716. The fourth-order valence-corrected chi connectivity index (χ4v) is 4.22. The minimum Gasteiger partial charge on any atom is -0.343 e. The predicted octanol–water partition coefficient (Wildman–Crippen LogP) is 3.13. The number of amides is 2. The first-order valence-corrected chi connectivity index (χ1v) is 10.6. The van der Waals surface area contributed by atoms with Crippen molar-refractivity contribution in [1.29, 1.82) is 0 Å². The maximum Gasteiger partial charge on any atom is 0.273 e. The van der Waals surface area contributed by atoms with Crippen molar-refractivity contribution in [1.82, 2.24) is 24.8 Å². The lowest BCUT2D eigenvalue weighted by Crippen LogP contribution is -2.41. The molecule has 0 radical (unpaired) electrons. The van der Waals surface area contributed by atoms with Crippen molar-refractivity contribution in [3.05, 3.63) is 65.5 Å². The second-order valence-corrected chi connectivity index (χ2v) is 8.34. The number of fused-ring (bicyclic) bond motifs is 1. The number of hydrogen-bond donors (Lipinski definition) is 0. The molecule has 1 aromatic carbocycles. The average Bonchev–Trinajstić information content (AvgIpc) is 2.77. The van der Waals surface area contributed by atoms with Gasteiger partial charge in [0.25, 0.3) is 11.8 Å². The van der Waals surface area contributed by atoms with E-state index >= 15 is 0 Å². The van der Waals surface area contributed by atoms with Crippen molar-refractivity contribution in [3.63, 3.8) is 0 Å². The second kappa shape index (κ2) is 8.79.